The van der Waals surface area contributed by atoms with Crippen LogP contribution in [0.15, 0.2) is 29.4 Å². The number of aliphatic carboxylic acids is 1. The number of nitrogens with two attached hydrogens (primary N) is 1. The topological polar surface area (TPSA) is 76.2 Å². The van der Waals surface area contributed by atoms with Gasteiger partial charge in [-0.2, -0.15) is 0 Å². The zero-order valence-electron chi connectivity index (χ0n) is 9.50. The van der Waals surface area contributed by atoms with E-state index in [0.717, 1.165) is 17.9 Å². The molecule has 1 aliphatic rings. The average Bonchev–Trinajstić information content (AvgIpc) is 2.30. The molecule has 0 aromatic carbocycles. The van der Waals surface area contributed by atoms with Crippen LogP contribution in [0.4, 0.5) is 0 Å². The van der Waals surface area contributed by atoms with E-state index in [-0.39, 0.29) is 5.25 Å². The fraction of sp³-hybridized carbons (Fsp3) is 0.500. The van der Waals surface area contributed by atoms with Crippen molar-refractivity contribution in [3.63, 3.8) is 0 Å². The Bertz CT molecular complexity index is 399. The Labute approximate surface area is 105 Å². The lowest BCUT2D eigenvalue weighted by Crippen LogP contribution is -2.51. The van der Waals surface area contributed by atoms with Crippen LogP contribution in [0.25, 0.3) is 0 Å². The number of hydrogen-bond acceptors (Lipinski definition) is 4. The second-order valence-electron chi connectivity index (χ2n) is 4.47. The van der Waals surface area contributed by atoms with E-state index in [1.54, 1.807) is 18.0 Å². The number of carbonyl (C=O) groups is 1. The van der Waals surface area contributed by atoms with Crippen LogP contribution < -0.4 is 5.73 Å². The van der Waals surface area contributed by atoms with Crippen LogP contribution in [-0.4, -0.2) is 26.8 Å². The van der Waals surface area contributed by atoms with Gasteiger partial charge in [0.25, 0.3) is 0 Å². The lowest BCUT2D eigenvalue weighted by atomic mass is 9.82. The van der Waals surface area contributed by atoms with E-state index in [1.807, 2.05) is 18.2 Å². The molecule has 4 nitrogen and oxygen atoms in total. The van der Waals surface area contributed by atoms with Gasteiger partial charge in [-0.15, -0.1) is 11.8 Å². The van der Waals surface area contributed by atoms with Gasteiger partial charge < -0.3 is 10.8 Å². The van der Waals surface area contributed by atoms with Gasteiger partial charge in [-0.3, -0.25) is 4.79 Å². The van der Waals surface area contributed by atoms with Crippen LogP contribution in [0.5, 0.6) is 0 Å². The highest BCUT2D eigenvalue weighted by Gasteiger charge is 2.39. The number of pyridine rings is 1. The number of carboxylic acid groups (broad SMARTS) is 1. The first-order chi connectivity index (χ1) is 8.10. The monoisotopic (exact) mass is 252 g/mol. The summed E-state index contributed by atoms with van der Waals surface area (Å²) in [5.74, 6) is -0.885. The number of aromatic nitrogens is 1. The minimum absolute atomic E-state index is 0.250. The highest BCUT2D eigenvalue weighted by Crippen LogP contribution is 2.36. The number of hydrogen-bond donors (Lipinski definition) is 2. The molecule has 3 N–H and O–H groups in total. The van der Waals surface area contributed by atoms with E-state index >= 15 is 0 Å². The first-order valence-electron chi connectivity index (χ1n) is 5.70. The minimum Gasteiger partial charge on any atom is -0.480 e. The van der Waals surface area contributed by atoms with Crippen LogP contribution in [0.1, 0.15) is 25.7 Å². The maximum atomic E-state index is 11.1. The molecule has 0 spiro atoms. The van der Waals surface area contributed by atoms with E-state index < -0.39 is 11.5 Å². The van der Waals surface area contributed by atoms with E-state index in [4.69, 9.17) is 10.8 Å². The molecule has 0 aliphatic heterocycles. The van der Waals surface area contributed by atoms with Crippen molar-refractivity contribution in [2.75, 3.05) is 0 Å². The first kappa shape index (κ1) is 12.4. The fourth-order valence-electron chi connectivity index (χ4n) is 2.14. The van der Waals surface area contributed by atoms with E-state index in [9.17, 15) is 4.79 Å². The van der Waals surface area contributed by atoms with Crippen molar-refractivity contribution in [3.8, 4) is 0 Å². The zero-order valence-corrected chi connectivity index (χ0v) is 10.3. The van der Waals surface area contributed by atoms with Gasteiger partial charge in [0, 0.05) is 11.4 Å². The Kier molecular flexibility index (Phi) is 3.69. The van der Waals surface area contributed by atoms with E-state index in [2.05, 4.69) is 4.98 Å². The van der Waals surface area contributed by atoms with Crippen LogP contribution >= 0.6 is 11.8 Å². The number of thioether (sulfide) groups is 1. The molecule has 1 aromatic heterocycles. The second-order valence-corrected chi connectivity index (χ2v) is 5.79. The molecule has 1 aliphatic carbocycles. The summed E-state index contributed by atoms with van der Waals surface area (Å²) in [6.45, 7) is 0. The van der Waals surface area contributed by atoms with Crippen molar-refractivity contribution in [1.29, 1.82) is 0 Å². The summed E-state index contributed by atoms with van der Waals surface area (Å²) in [7, 11) is 0. The van der Waals surface area contributed by atoms with E-state index in [1.165, 1.54) is 0 Å². The lowest BCUT2D eigenvalue weighted by molar-refractivity contribution is -0.144. The summed E-state index contributed by atoms with van der Waals surface area (Å²) < 4.78 is 0. The second kappa shape index (κ2) is 5.06. The first-order valence-corrected chi connectivity index (χ1v) is 6.58. The molecule has 0 radical (unpaired) electrons. The number of nitrogens with zero attached hydrogens (tertiary/aromatic N) is 1. The van der Waals surface area contributed by atoms with Gasteiger partial charge in [0.1, 0.15) is 5.54 Å². The minimum atomic E-state index is -1.05. The predicted molar refractivity (Wildman–Crippen MR) is 66.9 cm³/mol. The molecule has 5 heteroatoms. The van der Waals surface area contributed by atoms with Crippen LogP contribution in [-0.2, 0) is 4.79 Å². The summed E-state index contributed by atoms with van der Waals surface area (Å²) in [6.07, 6.45) is 4.71. The largest absolute Gasteiger partial charge is 0.480 e. The molecule has 1 aromatic rings. The van der Waals surface area contributed by atoms with Gasteiger partial charge in [-0.25, -0.2) is 4.98 Å². The Balaban J connectivity index is 2.01. The third-order valence-corrected chi connectivity index (χ3v) is 4.31. The van der Waals surface area contributed by atoms with E-state index in [0.29, 0.717) is 12.8 Å². The normalized spacial score (nSPS) is 28.9. The van der Waals surface area contributed by atoms with Crippen molar-refractivity contribution in [2.45, 2.75) is 41.5 Å². The third-order valence-electron chi connectivity index (χ3n) is 3.09. The Morgan fingerprint density at radius 2 is 2.41 bits per heavy atom. The highest BCUT2D eigenvalue weighted by atomic mass is 32.2. The van der Waals surface area contributed by atoms with Gasteiger partial charge in [0.05, 0.1) is 5.03 Å². The highest BCUT2D eigenvalue weighted by molar-refractivity contribution is 7.99. The molecule has 2 atom stereocenters. The van der Waals surface area contributed by atoms with Crippen molar-refractivity contribution in [2.24, 2.45) is 5.73 Å². The molecule has 2 rings (SSSR count). The molecule has 1 fully saturated rings. The molecular weight excluding hydrogens is 236 g/mol. The Morgan fingerprint density at radius 3 is 3.06 bits per heavy atom. The van der Waals surface area contributed by atoms with Crippen molar-refractivity contribution in [3.05, 3.63) is 24.4 Å². The summed E-state index contributed by atoms with van der Waals surface area (Å²) in [5.41, 5.74) is 4.86. The molecule has 0 bridgehead atoms. The summed E-state index contributed by atoms with van der Waals surface area (Å²) >= 11 is 1.63. The molecule has 1 saturated carbocycles. The fourth-order valence-corrected chi connectivity index (χ4v) is 3.42. The summed E-state index contributed by atoms with van der Waals surface area (Å²) in [4.78, 5) is 15.4. The number of rotatable bonds is 3. The third kappa shape index (κ3) is 2.98. The molecule has 2 unspecified atom stereocenters. The summed E-state index contributed by atoms with van der Waals surface area (Å²) in [5, 5.41) is 10.3. The molecule has 0 saturated heterocycles. The lowest BCUT2D eigenvalue weighted by Gasteiger charge is -2.33. The zero-order chi connectivity index (χ0) is 12.3. The molecule has 92 valence electrons. The van der Waals surface area contributed by atoms with Crippen molar-refractivity contribution < 1.29 is 9.90 Å². The standard InChI is InChI=1S/C12H16N2O2S/c13-12(11(15)16)6-3-4-9(8-12)17-10-5-1-2-7-14-10/h1-2,5,7,9H,3-4,6,8,13H2,(H,15,16). The maximum Gasteiger partial charge on any atom is 0.323 e. The van der Waals surface area contributed by atoms with Gasteiger partial charge in [-0.05, 0) is 37.8 Å². The predicted octanol–water partition coefficient (Wildman–Crippen LogP) is 1.90. The SMILES string of the molecule is NC1(C(=O)O)CCCC(Sc2ccccn2)C1. The molecule has 0 amide bonds. The van der Waals surface area contributed by atoms with Gasteiger partial charge >= 0.3 is 5.97 Å². The van der Waals surface area contributed by atoms with Crippen LogP contribution in [0, 0.1) is 0 Å². The van der Waals surface area contributed by atoms with Crippen molar-refractivity contribution in [1.82, 2.24) is 4.98 Å². The smallest absolute Gasteiger partial charge is 0.323 e. The van der Waals surface area contributed by atoms with Crippen molar-refractivity contribution >= 4 is 17.7 Å². The van der Waals surface area contributed by atoms with Crippen LogP contribution in [0.2, 0.25) is 0 Å². The van der Waals surface area contributed by atoms with Gasteiger partial charge in [-0.1, -0.05) is 6.07 Å². The van der Waals surface area contributed by atoms with Crippen LogP contribution in [0.3, 0.4) is 0 Å². The molecule has 17 heavy (non-hydrogen) atoms. The maximum absolute atomic E-state index is 11.1. The Morgan fingerprint density at radius 1 is 1.59 bits per heavy atom. The van der Waals surface area contributed by atoms with Gasteiger partial charge in [0.15, 0.2) is 0 Å². The quantitative estimate of drug-likeness (QED) is 0.859. The van der Waals surface area contributed by atoms with Gasteiger partial charge in [0.2, 0.25) is 0 Å². The average molecular weight is 252 g/mol. The molecule has 1 heterocycles. The molecular formula is C12H16N2O2S. The Hall–Kier alpha value is -1.07. The number of carboxylic acids is 1. The summed E-state index contributed by atoms with van der Waals surface area (Å²) in [6, 6.07) is 5.75.